The van der Waals surface area contributed by atoms with Crippen LogP contribution in [0.15, 0.2) is 76.0 Å². The number of hydrogen-bond acceptors (Lipinski definition) is 19. The first kappa shape index (κ1) is 56.5. The van der Waals surface area contributed by atoms with Crippen LogP contribution in [-0.2, 0) is 44.4 Å². The fourth-order valence-electron chi connectivity index (χ4n) is 11.0. The SMILES string of the molecule is CN1CCC2(C1)CN(S(=O)(=O)c1nc(Br)nn1COCC[Si](C)(C)C)C2.COc1cc(-c2ccc3c(c2N)CCO3)ccn1.COc1cc(-c2ccc3c(c2Nc2n[nH]c(S(=O)(=O)N4CC5(CCN(C)C5)C4)n2)CCO3)ccn1. The summed E-state index contributed by atoms with van der Waals surface area (Å²) in [6, 6.07) is 16.4. The standard InChI is InChI=1S/C23H27N7O4S.C15H28BrN5O3SSi.C14H14N2O2/c1-29-9-7-23(12-29)13-30(14-23)35(31,32)22-26-21(27-28-22)25-20-16(3-4-18-17(20)6-10-34-18)15-5-8-24-19(11-15)33-2;1-19-6-5-15(9-19)10-20(11-15)25(22,23)14-17-13(16)18-21(14)12-24-7-8-26(2,3)4;1-17-13-8-9(4-6-16-13)10-2-3-12-11(14(10)15)5-7-18-12/h3-5,8,11H,6-7,9-10,12-14H2,1-2H3,(H2,25,26,27,28);5-12H2,1-4H3;2-4,6,8H,5,7,15H2,1H3. The number of hydrogen-bond donors (Lipinski definition) is 3. The number of anilines is 3. The molecule has 6 aliphatic heterocycles. The Morgan fingerprint density at radius 3 is 1.89 bits per heavy atom. The molecule has 27 heteroatoms. The molecular formula is C52H69BrN14O9S2Si. The van der Waals surface area contributed by atoms with Crippen LogP contribution in [0.5, 0.6) is 23.3 Å². The molecule has 23 nitrogen and oxygen atoms in total. The molecule has 0 atom stereocenters. The van der Waals surface area contributed by atoms with E-state index in [-0.39, 0.29) is 38.6 Å². The second-order valence-corrected chi connectivity index (χ2v) is 32.5. The quantitative estimate of drug-likeness (QED) is 0.0620. The summed E-state index contributed by atoms with van der Waals surface area (Å²) in [5.41, 5.74) is 13.8. The summed E-state index contributed by atoms with van der Waals surface area (Å²) in [5, 5.41) is 14.0. The van der Waals surface area contributed by atoms with Gasteiger partial charge in [0.2, 0.25) is 22.4 Å². The van der Waals surface area contributed by atoms with Crippen molar-refractivity contribution in [2.24, 2.45) is 10.8 Å². The van der Waals surface area contributed by atoms with Gasteiger partial charge < -0.3 is 44.5 Å². The number of likely N-dealkylation sites (tertiary alicyclic amines) is 2. The zero-order chi connectivity index (χ0) is 55.9. The molecule has 0 unspecified atom stereocenters. The molecule has 0 saturated carbocycles. The second-order valence-electron chi connectivity index (χ2n) is 22.5. The van der Waals surface area contributed by atoms with Crippen molar-refractivity contribution in [3.05, 3.63) is 76.8 Å². The fourth-order valence-corrected chi connectivity index (χ4v) is 15.4. The lowest BCUT2D eigenvalue weighted by atomic mass is 9.81. The van der Waals surface area contributed by atoms with E-state index in [0.717, 1.165) is 108 Å². The number of fused-ring (bicyclic) bond motifs is 2. The zero-order valence-electron chi connectivity index (χ0n) is 45.7. The van der Waals surface area contributed by atoms with Gasteiger partial charge in [-0.1, -0.05) is 19.6 Å². The molecule has 4 saturated heterocycles. The maximum absolute atomic E-state index is 13.2. The van der Waals surface area contributed by atoms with Gasteiger partial charge in [-0.15, -0.1) is 10.2 Å². The molecule has 10 heterocycles. The van der Waals surface area contributed by atoms with Gasteiger partial charge in [-0.05, 0) is 110 Å². The largest absolute Gasteiger partial charge is 0.493 e. The van der Waals surface area contributed by atoms with Crippen molar-refractivity contribution in [1.82, 2.24) is 58.3 Å². The summed E-state index contributed by atoms with van der Waals surface area (Å²) in [5.74, 6) is 2.95. The molecule has 4 fully saturated rings. The van der Waals surface area contributed by atoms with Crippen molar-refractivity contribution >= 4 is 61.4 Å². The summed E-state index contributed by atoms with van der Waals surface area (Å²) in [4.78, 5) is 21.2. The lowest BCUT2D eigenvalue weighted by molar-refractivity contribution is 0.0659. The highest BCUT2D eigenvalue weighted by atomic mass is 79.9. The van der Waals surface area contributed by atoms with E-state index in [0.29, 0.717) is 64.2 Å². The first-order valence-electron chi connectivity index (χ1n) is 26.3. The number of pyridine rings is 2. The fraction of sp³-hybridized carbons (Fsp3) is 0.500. The Bertz CT molecular complexity index is 3420. The van der Waals surface area contributed by atoms with Crippen LogP contribution in [0.3, 0.4) is 0 Å². The number of ether oxygens (including phenoxy) is 5. The van der Waals surface area contributed by atoms with Crippen molar-refractivity contribution < 1.29 is 40.5 Å². The van der Waals surface area contributed by atoms with Crippen LogP contribution in [0.4, 0.5) is 17.3 Å². The number of methoxy groups -OCH3 is 2. The van der Waals surface area contributed by atoms with Crippen LogP contribution in [-0.4, -0.2) is 184 Å². The third-order valence-corrected chi connectivity index (χ3v) is 20.6. The molecule has 0 bridgehead atoms. The Kier molecular flexibility index (Phi) is 16.2. The summed E-state index contributed by atoms with van der Waals surface area (Å²) in [7, 11) is -1.26. The highest BCUT2D eigenvalue weighted by Gasteiger charge is 2.53. The summed E-state index contributed by atoms with van der Waals surface area (Å²) in [6.45, 7) is 14.9. The summed E-state index contributed by atoms with van der Waals surface area (Å²) in [6.07, 6.45) is 7.05. The molecule has 12 rings (SSSR count). The number of H-pyrrole nitrogens is 1. The first-order chi connectivity index (χ1) is 37.7. The van der Waals surface area contributed by atoms with E-state index >= 15 is 0 Å². The van der Waals surface area contributed by atoms with Gasteiger partial charge in [0.1, 0.15) is 18.2 Å². The summed E-state index contributed by atoms with van der Waals surface area (Å²) >= 11 is 3.19. The van der Waals surface area contributed by atoms with E-state index in [1.165, 1.54) is 13.3 Å². The molecule has 6 aliphatic rings. The van der Waals surface area contributed by atoms with Crippen molar-refractivity contribution in [1.29, 1.82) is 0 Å². The average Bonchev–Trinajstić information content (AvgIpc) is 4.38. The van der Waals surface area contributed by atoms with Gasteiger partial charge in [0.25, 0.3) is 30.4 Å². The number of rotatable bonds is 15. The molecule has 2 spiro atoms. The van der Waals surface area contributed by atoms with Gasteiger partial charge in [0.05, 0.1) is 33.1 Å². The number of aromatic nitrogens is 8. The Morgan fingerprint density at radius 2 is 1.32 bits per heavy atom. The molecule has 0 radical (unpaired) electrons. The molecule has 424 valence electrons. The molecule has 0 aliphatic carbocycles. The number of nitrogens with two attached hydrogens (primary N) is 1. The number of halogens is 1. The lowest BCUT2D eigenvalue weighted by Gasteiger charge is -2.46. The van der Waals surface area contributed by atoms with Crippen LogP contribution >= 0.6 is 15.9 Å². The molecule has 4 N–H and O–H groups in total. The third-order valence-electron chi connectivity index (χ3n) is 15.3. The number of benzene rings is 2. The van der Waals surface area contributed by atoms with E-state index in [2.05, 4.69) is 100 Å². The topological polar surface area (TPSA) is 264 Å². The Labute approximate surface area is 470 Å². The first-order valence-corrected chi connectivity index (χ1v) is 33.6. The molecular weight excluding hydrogens is 1140 g/mol. The molecule has 0 amide bonds. The number of nitrogens with one attached hydrogen (secondary N) is 2. The van der Waals surface area contributed by atoms with Gasteiger partial charge in [-0.25, -0.2) is 36.6 Å². The normalized spacial score (nSPS) is 18.6. The minimum absolute atomic E-state index is 0.0430. The summed E-state index contributed by atoms with van der Waals surface area (Å²) < 4.78 is 84.2. The average molecular weight is 1210 g/mol. The molecule has 4 aromatic heterocycles. The van der Waals surface area contributed by atoms with Crippen molar-refractivity contribution in [2.75, 3.05) is 112 Å². The predicted octanol–water partition coefficient (Wildman–Crippen LogP) is 5.83. The Balaban J connectivity index is 0.000000141. The van der Waals surface area contributed by atoms with Gasteiger partial charge in [-0.3, -0.25) is 0 Å². The van der Waals surface area contributed by atoms with E-state index in [9.17, 15) is 16.8 Å². The van der Waals surface area contributed by atoms with Crippen LogP contribution < -0.4 is 30.0 Å². The Morgan fingerprint density at radius 1 is 0.759 bits per heavy atom. The maximum atomic E-state index is 13.2. The van der Waals surface area contributed by atoms with E-state index < -0.39 is 28.1 Å². The van der Waals surface area contributed by atoms with E-state index in [4.69, 9.17) is 29.4 Å². The van der Waals surface area contributed by atoms with E-state index in [1.807, 2.05) is 48.5 Å². The minimum atomic E-state index is -3.74. The van der Waals surface area contributed by atoms with Crippen molar-refractivity contribution in [3.8, 4) is 45.5 Å². The third kappa shape index (κ3) is 12.1. The number of nitrogen functional groups attached to an aromatic ring is 1. The van der Waals surface area contributed by atoms with Crippen LogP contribution in [0.2, 0.25) is 25.7 Å². The Hall–Kier alpha value is -5.78. The number of nitrogens with zero attached hydrogens (tertiary/aromatic N) is 11. The number of sulfonamides is 2. The monoisotopic (exact) mass is 1200 g/mol. The van der Waals surface area contributed by atoms with Crippen molar-refractivity contribution in [2.45, 2.75) is 68.4 Å². The minimum Gasteiger partial charge on any atom is -0.493 e. The highest BCUT2D eigenvalue weighted by molar-refractivity contribution is 9.10. The second kappa shape index (κ2) is 22.6. The van der Waals surface area contributed by atoms with Gasteiger partial charge in [0.15, 0.2) is 0 Å². The highest BCUT2D eigenvalue weighted by Crippen LogP contribution is 2.45. The van der Waals surface area contributed by atoms with Gasteiger partial charge in [-0.2, -0.15) is 18.6 Å². The molecule has 79 heavy (non-hydrogen) atoms. The predicted molar refractivity (Wildman–Crippen MR) is 303 cm³/mol. The zero-order valence-corrected chi connectivity index (χ0v) is 49.9. The molecule has 6 aromatic rings. The maximum Gasteiger partial charge on any atom is 0.278 e. The van der Waals surface area contributed by atoms with Crippen LogP contribution in [0.25, 0.3) is 22.3 Å². The number of aromatic amines is 1. The van der Waals surface area contributed by atoms with Crippen LogP contribution in [0.1, 0.15) is 24.0 Å². The van der Waals surface area contributed by atoms with E-state index in [1.54, 1.807) is 26.6 Å². The molecule has 2 aromatic carbocycles. The lowest BCUT2D eigenvalue weighted by Crippen LogP contribution is -2.59. The van der Waals surface area contributed by atoms with Crippen molar-refractivity contribution in [3.63, 3.8) is 0 Å². The van der Waals surface area contributed by atoms with Gasteiger partial charge in [0, 0.05) is 130 Å². The van der Waals surface area contributed by atoms with Gasteiger partial charge >= 0.3 is 0 Å². The van der Waals surface area contributed by atoms with Crippen LogP contribution in [0, 0.1) is 10.8 Å². The smallest absolute Gasteiger partial charge is 0.278 e.